The maximum Gasteiger partial charge on any atom is 0.243 e. The van der Waals surface area contributed by atoms with Crippen molar-refractivity contribution < 1.29 is 12.8 Å². The quantitative estimate of drug-likeness (QED) is 0.904. The van der Waals surface area contributed by atoms with Gasteiger partial charge in [-0.3, -0.25) is 0 Å². The van der Waals surface area contributed by atoms with Crippen molar-refractivity contribution >= 4 is 21.4 Å². The summed E-state index contributed by atoms with van der Waals surface area (Å²) in [6, 6.07) is 2.81. The highest BCUT2D eigenvalue weighted by atomic mass is 32.2. The van der Waals surface area contributed by atoms with Crippen LogP contribution in [0.1, 0.15) is 12.8 Å². The molecule has 1 fully saturated rings. The number of anilines is 1. The van der Waals surface area contributed by atoms with E-state index >= 15 is 0 Å². The first-order valence-electron chi connectivity index (χ1n) is 6.02. The summed E-state index contributed by atoms with van der Waals surface area (Å²) in [5, 5.41) is 6.57. The van der Waals surface area contributed by atoms with E-state index in [0.717, 1.165) is 0 Å². The van der Waals surface area contributed by atoms with Crippen LogP contribution in [0, 0.1) is 5.82 Å². The molecule has 1 saturated heterocycles. The van der Waals surface area contributed by atoms with Crippen molar-refractivity contribution in [1.29, 1.82) is 0 Å². The highest BCUT2D eigenvalue weighted by Gasteiger charge is 2.31. The van der Waals surface area contributed by atoms with Gasteiger partial charge in [0.25, 0.3) is 0 Å². The number of hydrogen-bond donors (Lipinski definition) is 1. The fourth-order valence-corrected chi connectivity index (χ4v) is 3.99. The van der Waals surface area contributed by atoms with Crippen molar-refractivity contribution in [2.75, 3.05) is 17.6 Å². The Morgan fingerprint density at radius 2 is 2.32 bits per heavy atom. The molecule has 3 rings (SSSR count). The number of rotatable bonds is 3. The van der Waals surface area contributed by atoms with Gasteiger partial charge in [-0.15, -0.1) is 5.10 Å². The highest BCUT2D eigenvalue weighted by molar-refractivity contribution is 7.92. The van der Waals surface area contributed by atoms with Crippen molar-refractivity contribution in [3.63, 3.8) is 0 Å². The first-order chi connectivity index (χ1) is 9.04. The minimum absolute atomic E-state index is 0.253. The summed E-state index contributed by atoms with van der Waals surface area (Å²) in [4.78, 5) is 4.14. The van der Waals surface area contributed by atoms with Crippen LogP contribution in [0.5, 0.6) is 0 Å². The molecule has 1 aliphatic rings. The largest absolute Gasteiger partial charge is 0.352 e. The molecule has 0 bridgehead atoms. The first-order valence-corrected chi connectivity index (χ1v) is 7.73. The number of pyridine rings is 1. The minimum atomic E-state index is -2.98. The van der Waals surface area contributed by atoms with Gasteiger partial charge in [0.15, 0.2) is 15.5 Å². The third-order valence-corrected chi connectivity index (χ3v) is 5.52. The van der Waals surface area contributed by atoms with Gasteiger partial charge in [0.2, 0.25) is 5.95 Å². The molecule has 102 valence electrons. The Morgan fingerprint density at radius 3 is 3.05 bits per heavy atom. The van der Waals surface area contributed by atoms with Crippen molar-refractivity contribution in [2.45, 2.75) is 18.1 Å². The Labute approximate surface area is 109 Å². The summed E-state index contributed by atoms with van der Waals surface area (Å²) in [6.45, 7) is 0.293. The summed E-state index contributed by atoms with van der Waals surface area (Å²) in [6.07, 6.45) is 2.59. The SMILES string of the molecule is O=S1(=O)CCCC1CNc1nc2ccc(F)cn2n1. The molecule has 2 aromatic rings. The van der Waals surface area contributed by atoms with E-state index in [-0.39, 0.29) is 11.0 Å². The van der Waals surface area contributed by atoms with E-state index in [1.54, 1.807) is 0 Å². The lowest BCUT2D eigenvalue weighted by atomic mass is 10.2. The van der Waals surface area contributed by atoms with Crippen LogP contribution in [0.25, 0.3) is 5.65 Å². The summed E-state index contributed by atoms with van der Waals surface area (Å²) in [5.74, 6) is 0.165. The standard InChI is InChI=1S/C11H13FN4O2S/c12-8-3-4-10-14-11(15-16(10)7-8)13-6-9-2-1-5-19(9,17)18/h3-4,7,9H,1-2,5-6H2,(H,13,15). The zero-order valence-electron chi connectivity index (χ0n) is 10.1. The van der Waals surface area contributed by atoms with E-state index in [9.17, 15) is 12.8 Å². The lowest BCUT2D eigenvalue weighted by Crippen LogP contribution is -2.25. The molecule has 0 radical (unpaired) electrons. The number of halogens is 1. The second-order valence-electron chi connectivity index (χ2n) is 4.60. The molecule has 1 aliphatic heterocycles. The van der Waals surface area contributed by atoms with Gasteiger partial charge < -0.3 is 5.32 Å². The van der Waals surface area contributed by atoms with Gasteiger partial charge in [-0.1, -0.05) is 0 Å². The maximum atomic E-state index is 13.0. The normalized spacial score (nSPS) is 21.8. The molecule has 8 heteroatoms. The third kappa shape index (κ3) is 2.40. The third-order valence-electron chi connectivity index (χ3n) is 3.25. The number of hydrogen-bond acceptors (Lipinski definition) is 5. The predicted octanol–water partition coefficient (Wildman–Crippen LogP) is 0.857. The topological polar surface area (TPSA) is 76.4 Å². The summed E-state index contributed by atoms with van der Waals surface area (Å²) in [7, 11) is -2.98. The van der Waals surface area contributed by atoms with Crippen molar-refractivity contribution in [2.24, 2.45) is 0 Å². The van der Waals surface area contributed by atoms with E-state index in [1.807, 2.05) is 0 Å². The smallest absolute Gasteiger partial charge is 0.243 e. The van der Waals surface area contributed by atoms with Gasteiger partial charge in [0, 0.05) is 6.54 Å². The Balaban J connectivity index is 1.75. The number of nitrogens with zero attached hydrogens (tertiary/aromatic N) is 3. The minimum Gasteiger partial charge on any atom is -0.352 e. The van der Waals surface area contributed by atoms with Crippen LogP contribution < -0.4 is 5.32 Å². The van der Waals surface area contributed by atoms with Gasteiger partial charge in [0.1, 0.15) is 5.82 Å². The molecule has 1 unspecified atom stereocenters. The van der Waals surface area contributed by atoms with Crippen LogP contribution in [0.15, 0.2) is 18.3 Å². The van der Waals surface area contributed by atoms with Crippen LogP contribution >= 0.6 is 0 Å². The van der Waals surface area contributed by atoms with E-state index < -0.39 is 15.7 Å². The maximum absolute atomic E-state index is 13.0. The molecule has 0 aromatic carbocycles. The molecule has 2 aromatic heterocycles. The molecule has 6 nitrogen and oxygen atoms in total. The van der Waals surface area contributed by atoms with Crippen molar-refractivity contribution in [3.05, 3.63) is 24.1 Å². The molecule has 19 heavy (non-hydrogen) atoms. The van der Waals surface area contributed by atoms with E-state index in [1.165, 1.54) is 22.8 Å². The lowest BCUT2D eigenvalue weighted by molar-refractivity contribution is 0.591. The van der Waals surface area contributed by atoms with Gasteiger partial charge in [0.05, 0.1) is 17.2 Å². The summed E-state index contributed by atoms with van der Waals surface area (Å²) >= 11 is 0. The van der Waals surface area contributed by atoms with E-state index in [4.69, 9.17) is 0 Å². The fraction of sp³-hybridized carbons (Fsp3) is 0.455. The van der Waals surface area contributed by atoms with Gasteiger partial charge in [-0.25, -0.2) is 17.3 Å². The predicted molar refractivity (Wildman–Crippen MR) is 68.2 cm³/mol. The second kappa shape index (κ2) is 4.44. The van der Waals surface area contributed by atoms with Crippen LogP contribution in [-0.4, -0.2) is 40.6 Å². The monoisotopic (exact) mass is 284 g/mol. The van der Waals surface area contributed by atoms with E-state index in [2.05, 4.69) is 15.4 Å². The number of nitrogens with one attached hydrogen (secondary N) is 1. The van der Waals surface area contributed by atoms with Gasteiger partial charge >= 0.3 is 0 Å². The molecule has 1 N–H and O–H groups in total. The number of fused-ring (bicyclic) bond motifs is 1. The zero-order chi connectivity index (χ0) is 13.5. The molecular weight excluding hydrogens is 271 g/mol. The zero-order valence-corrected chi connectivity index (χ0v) is 10.9. The lowest BCUT2D eigenvalue weighted by Gasteiger charge is -2.08. The molecule has 0 spiro atoms. The first kappa shape index (κ1) is 12.3. The molecule has 0 saturated carbocycles. The molecular formula is C11H13FN4O2S. The Morgan fingerprint density at radius 1 is 1.47 bits per heavy atom. The highest BCUT2D eigenvalue weighted by Crippen LogP contribution is 2.20. The van der Waals surface area contributed by atoms with Gasteiger partial charge in [-0.05, 0) is 25.0 Å². The molecule has 1 atom stereocenters. The molecule has 3 heterocycles. The van der Waals surface area contributed by atoms with Crippen molar-refractivity contribution in [3.8, 4) is 0 Å². The van der Waals surface area contributed by atoms with Gasteiger partial charge in [-0.2, -0.15) is 4.98 Å². The number of sulfone groups is 1. The summed E-state index contributed by atoms with van der Waals surface area (Å²) < 4.78 is 37.6. The Bertz CT molecular complexity index is 713. The van der Waals surface area contributed by atoms with Crippen LogP contribution in [0.4, 0.5) is 10.3 Å². The van der Waals surface area contributed by atoms with Crippen LogP contribution in [0.3, 0.4) is 0 Å². The fourth-order valence-electron chi connectivity index (χ4n) is 2.23. The molecule has 0 amide bonds. The van der Waals surface area contributed by atoms with E-state index in [0.29, 0.717) is 31.0 Å². The summed E-state index contributed by atoms with van der Waals surface area (Å²) in [5.41, 5.74) is 0.512. The average Bonchev–Trinajstić information content (AvgIpc) is 2.88. The average molecular weight is 284 g/mol. The van der Waals surface area contributed by atoms with Crippen LogP contribution in [-0.2, 0) is 9.84 Å². The number of aromatic nitrogens is 3. The van der Waals surface area contributed by atoms with Crippen molar-refractivity contribution in [1.82, 2.24) is 14.6 Å². The molecule has 0 aliphatic carbocycles. The van der Waals surface area contributed by atoms with Crippen LogP contribution in [0.2, 0.25) is 0 Å². The Kier molecular flexibility index (Phi) is 2.89. The second-order valence-corrected chi connectivity index (χ2v) is 7.00. The Hall–Kier alpha value is -1.70.